The Morgan fingerprint density at radius 1 is 1.37 bits per heavy atom. The Kier molecular flexibility index (Phi) is 3.02. The summed E-state index contributed by atoms with van der Waals surface area (Å²) < 4.78 is 13.5. The van der Waals surface area contributed by atoms with Gasteiger partial charge in [0.2, 0.25) is 5.65 Å². The Balaban J connectivity index is 1.86. The molecule has 0 amide bonds. The molecule has 0 radical (unpaired) electrons. The molecule has 0 aromatic carbocycles. The smallest absolute Gasteiger partial charge is 0.260 e. The van der Waals surface area contributed by atoms with Crippen LogP contribution in [0.1, 0.15) is 26.7 Å². The van der Waals surface area contributed by atoms with Gasteiger partial charge in [-0.1, -0.05) is 0 Å². The van der Waals surface area contributed by atoms with Gasteiger partial charge in [-0.2, -0.15) is 4.98 Å². The van der Waals surface area contributed by atoms with Crippen LogP contribution in [0, 0.1) is 0 Å². The number of hydrogen-bond donors (Lipinski definition) is 1. The average molecular weight is 262 g/mol. The Morgan fingerprint density at radius 3 is 2.84 bits per heavy atom. The van der Waals surface area contributed by atoms with Gasteiger partial charge < -0.3 is 15.2 Å². The number of nitrogens with two attached hydrogens (primary N) is 1. The van der Waals surface area contributed by atoms with Crippen molar-refractivity contribution in [3.8, 4) is 5.88 Å². The van der Waals surface area contributed by atoms with Crippen molar-refractivity contribution in [1.82, 2.24) is 14.4 Å². The minimum Gasteiger partial charge on any atom is -0.471 e. The molecule has 6 heteroatoms. The van der Waals surface area contributed by atoms with Crippen molar-refractivity contribution in [1.29, 1.82) is 0 Å². The maximum atomic E-state index is 5.99. The van der Waals surface area contributed by atoms with E-state index in [-0.39, 0.29) is 18.3 Å². The molecule has 1 fully saturated rings. The summed E-state index contributed by atoms with van der Waals surface area (Å²) in [5.41, 5.74) is 6.47. The standard InChI is InChI=1S/C13H18N4O2/c1-8-5-10(6-9(2)18-8)19-13-12-15-3-4-17(12)7-11(14)16-13/h3-4,7-10H,5-6,14H2,1-2H3. The molecule has 3 rings (SSSR count). The summed E-state index contributed by atoms with van der Waals surface area (Å²) in [5.74, 6) is 0.921. The van der Waals surface area contributed by atoms with Gasteiger partial charge in [-0.25, -0.2) is 4.98 Å². The zero-order valence-electron chi connectivity index (χ0n) is 11.1. The fourth-order valence-corrected chi connectivity index (χ4v) is 2.60. The lowest BCUT2D eigenvalue weighted by Gasteiger charge is -2.31. The van der Waals surface area contributed by atoms with E-state index in [1.54, 1.807) is 12.4 Å². The quantitative estimate of drug-likeness (QED) is 0.890. The first kappa shape index (κ1) is 12.2. The number of rotatable bonds is 2. The van der Waals surface area contributed by atoms with Crippen molar-refractivity contribution in [3.05, 3.63) is 18.6 Å². The number of hydrogen-bond acceptors (Lipinski definition) is 5. The number of nitrogen functional groups attached to an aromatic ring is 1. The average Bonchev–Trinajstić information content (AvgIpc) is 2.75. The normalized spacial score (nSPS) is 27.6. The molecule has 3 heterocycles. The van der Waals surface area contributed by atoms with Crippen molar-refractivity contribution < 1.29 is 9.47 Å². The topological polar surface area (TPSA) is 74.7 Å². The fraction of sp³-hybridized carbons (Fsp3) is 0.538. The molecule has 1 aliphatic rings. The lowest BCUT2D eigenvalue weighted by atomic mass is 10.0. The van der Waals surface area contributed by atoms with E-state index < -0.39 is 0 Å². The lowest BCUT2D eigenvalue weighted by molar-refractivity contribution is -0.0727. The number of imidazole rings is 1. The van der Waals surface area contributed by atoms with E-state index in [0.29, 0.717) is 17.3 Å². The molecule has 6 nitrogen and oxygen atoms in total. The van der Waals surface area contributed by atoms with E-state index in [1.165, 1.54) is 0 Å². The molecule has 1 saturated heterocycles. The Bertz CT molecular complexity index is 573. The minimum atomic E-state index is 0.0912. The third-order valence-electron chi connectivity index (χ3n) is 3.29. The van der Waals surface area contributed by atoms with E-state index in [4.69, 9.17) is 15.2 Å². The largest absolute Gasteiger partial charge is 0.471 e. The van der Waals surface area contributed by atoms with Crippen LogP contribution in [0.4, 0.5) is 5.82 Å². The molecule has 2 aromatic rings. The van der Waals surface area contributed by atoms with Crippen molar-refractivity contribution in [2.75, 3.05) is 5.73 Å². The van der Waals surface area contributed by atoms with Crippen LogP contribution in [-0.2, 0) is 4.74 Å². The number of nitrogens with zero attached hydrogens (tertiary/aromatic N) is 3. The summed E-state index contributed by atoms with van der Waals surface area (Å²) in [7, 11) is 0. The Labute approximate surface area is 111 Å². The second-order valence-corrected chi connectivity index (χ2v) is 5.10. The number of aromatic nitrogens is 3. The molecule has 0 saturated carbocycles. The van der Waals surface area contributed by atoms with Crippen LogP contribution in [0.3, 0.4) is 0 Å². The van der Waals surface area contributed by atoms with Gasteiger partial charge in [0.15, 0.2) is 0 Å². The summed E-state index contributed by atoms with van der Waals surface area (Å²) in [5, 5.41) is 0. The van der Waals surface area contributed by atoms with Crippen molar-refractivity contribution >= 4 is 11.5 Å². The van der Waals surface area contributed by atoms with Crippen LogP contribution in [-0.4, -0.2) is 32.7 Å². The molecule has 102 valence electrons. The summed E-state index contributed by atoms with van der Waals surface area (Å²) >= 11 is 0. The Hall–Kier alpha value is -1.82. The van der Waals surface area contributed by atoms with Crippen molar-refractivity contribution in [2.24, 2.45) is 0 Å². The third-order valence-corrected chi connectivity index (χ3v) is 3.29. The molecule has 1 aliphatic heterocycles. The van der Waals surface area contributed by atoms with Gasteiger partial charge >= 0.3 is 0 Å². The van der Waals surface area contributed by atoms with Gasteiger partial charge in [-0.3, -0.25) is 4.40 Å². The second kappa shape index (κ2) is 4.70. The summed E-state index contributed by atoms with van der Waals surface area (Å²) in [4.78, 5) is 8.50. The van der Waals surface area contributed by atoms with Crippen LogP contribution < -0.4 is 10.5 Å². The lowest BCUT2D eigenvalue weighted by Crippen LogP contribution is -2.36. The predicted octanol–water partition coefficient (Wildman–Crippen LogP) is 1.65. The van der Waals surface area contributed by atoms with E-state index in [2.05, 4.69) is 23.8 Å². The highest BCUT2D eigenvalue weighted by Gasteiger charge is 2.27. The maximum absolute atomic E-state index is 5.99. The highest BCUT2D eigenvalue weighted by atomic mass is 16.5. The minimum absolute atomic E-state index is 0.0912. The third kappa shape index (κ3) is 2.49. The highest BCUT2D eigenvalue weighted by molar-refractivity contribution is 5.52. The summed E-state index contributed by atoms with van der Waals surface area (Å²) in [6, 6.07) is 0. The number of ether oxygens (including phenoxy) is 2. The van der Waals surface area contributed by atoms with Crippen LogP contribution in [0.25, 0.3) is 5.65 Å². The van der Waals surface area contributed by atoms with Crippen LogP contribution in [0.15, 0.2) is 18.6 Å². The SMILES string of the molecule is CC1CC(Oc2nc(N)cn3ccnc23)CC(C)O1. The Morgan fingerprint density at radius 2 is 2.11 bits per heavy atom. The van der Waals surface area contributed by atoms with E-state index in [9.17, 15) is 0 Å². The molecule has 2 unspecified atom stereocenters. The van der Waals surface area contributed by atoms with Gasteiger partial charge in [0.05, 0.1) is 18.4 Å². The van der Waals surface area contributed by atoms with Crippen molar-refractivity contribution in [3.63, 3.8) is 0 Å². The van der Waals surface area contributed by atoms with Gasteiger partial charge in [0.1, 0.15) is 11.9 Å². The predicted molar refractivity (Wildman–Crippen MR) is 71.1 cm³/mol. The molecular formula is C13H18N4O2. The van der Waals surface area contributed by atoms with Crippen LogP contribution >= 0.6 is 0 Å². The zero-order valence-corrected chi connectivity index (χ0v) is 11.1. The number of fused-ring (bicyclic) bond motifs is 1. The van der Waals surface area contributed by atoms with Gasteiger partial charge in [0, 0.05) is 25.2 Å². The molecule has 2 aromatic heterocycles. The molecule has 0 spiro atoms. The van der Waals surface area contributed by atoms with Crippen molar-refractivity contribution in [2.45, 2.75) is 45.0 Å². The molecule has 2 N–H and O–H groups in total. The first-order valence-corrected chi connectivity index (χ1v) is 6.53. The van der Waals surface area contributed by atoms with E-state index in [0.717, 1.165) is 12.8 Å². The molecule has 2 atom stereocenters. The summed E-state index contributed by atoms with van der Waals surface area (Å²) in [6.07, 6.45) is 7.46. The monoisotopic (exact) mass is 262 g/mol. The molecule has 0 bridgehead atoms. The molecule has 19 heavy (non-hydrogen) atoms. The summed E-state index contributed by atoms with van der Waals surface area (Å²) in [6.45, 7) is 4.12. The van der Waals surface area contributed by atoms with Gasteiger partial charge in [-0.05, 0) is 13.8 Å². The highest BCUT2D eigenvalue weighted by Crippen LogP contribution is 2.25. The van der Waals surface area contributed by atoms with Gasteiger partial charge in [0.25, 0.3) is 5.88 Å². The number of anilines is 1. The van der Waals surface area contributed by atoms with Gasteiger partial charge in [-0.15, -0.1) is 0 Å². The van der Waals surface area contributed by atoms with E-state index >= 15 is 0 Å². The zero-order chi connectivity index (χ0) is 13.4. The van der Waals surface area contributed by atoms with Crippen LogP contribution in [0.5, 0.6) is 5.88 Å². The maximum Gasteiger partial charge on any atom is 0.260 e. The van der Waals surface area contributed by atoms with E-state index in [1.807, 2.05) is 10.6 Å². The molecule has 0 aliphatic carbocycles. The molecular weight excluding hydrogens is 244 g/mol. The first-order valence-electron chi connectivity index (χ1n) is 6.53. The fourth-order valence-electron chi connectivity index (χ4n) is 2.60. The second-order valence-electron chi connectivity index (χ2n) is 5.10. The first-order chi connectivity index (χ1) is 9.11. The van der Waals surface area contributed by atoms with Crippen LogP contribution in [0.2, 0.25) is 0 Å².